The van der Waals surface area contributed by atoms with E-state index in [0.717, 1.165) is 13.1 Å². The van der Waals surface area contributed by atoms with E-state index in [9.17, 15) is 0 Å². The van der Waals surface area contributed by atoms with E-state index in [0.29, 0.717) is 5.25 Å². The van der Waals surface area contributed by atoms with Crippen molar-refractivity contribution in [1.29, 1.82) is 0 Å². The van der Waals surface area contributed by atoms with Gasteiger partial charge in [0.1, 0.15) is 0 Å². The lowest BCUT2D eigenvalue weighted by Crippen LogP contribution is -2.05. The average Bonchev–Trinajstić information content (AvgIpc) is 2.74. The highest BCUT2D eigenvalue weighted by molar-refractivity contribution is 7.99. The summed E-state index contributed by atoms with van der Waals surface area (Å²) in [6, 6.07) is 8.81. The number of benzene rings is 1. The number of fused-ring (bicyclic) bond motifs is 1. The first-order chi connectivity index (χ1) is 8.72. The average molecular weight is 262 g/mol. The van der Waals surface area contributed by atoms with Crippen molar-refractivity contribution in [3.05, 3.63) is 36.0 Å². The Labute approximate surface area is 114 Å². The minimum atomic E-state index is 0.715. The SMILES string of the molecule is CNCc1cccc2c1ccn2CCSC(C)C. The molecule has 0 aliphatic heterocycles. The molecule has 0 fully saturated rings. The van der Waals surface area contributed by atoms with Crippen LogP contribution in [-0.4, -0.2) is 22.6 Å². The fraction of sp³-hybridized carbons (Fsp3) is 0.467. The Balaban J connectivity index is 2.17. The van der Waals surface area contributed by atoms with Crippen LogP contribution in [0.5, 0.6) is 0 Å². The first-order valence-electron chi connectivity index (χ1n) is 6.55. The van der Waals surface area contributed by atoms with Crippen LogP contribution in [0.4, 0.5) is 0 Å². The maximum atomic E-state index is 3.23. The monoisotopic (exact) mass is 262 g/mol. The number of hydrogen-bond donors (Lipinski definition) is 1. The molecule has 0 atom stereocenters. The second-order valence-electron chi connectivity index (χ2n) is 4.81. The van der Waals surface area contributed by atoms with Gasteiger partial charge in [-0.05, 0) is 30.0 Å². The summed E-state index contributed by atoms with van der Waals surface area (Å²) < 4.78 is 2.36. The minimum Gasteiger partial charge on any atom is -0.347 e. The van der Waals surface area contributed by atoms with E-state index in [-0.39, 0.29) is 0 Å². The molecule has 3 heteroatoms. The van der Waals surface area contributed by atoms with Crippen molar-refractivity contribution in [3.63, 3.8) is 0 Å². The zero-order valence-corrected chi connectivity index (χ0v) is 12.3. The molecule has 0 amide bonds. The molecule has 1 N–H and O–H groups in total. The summed E-state index contributed by atoms with van der Waals surface area (Å²) in [7, 11) is 2.00. The van der Waals surface area contributed by atoms with E-state index in [1.54, 1.807) is 0 Å². The molecule has 0 saturated carbocycles. The Kier molecular flexibility index (Phi) is 4.72. The Morgan fingerprint density at radius 3 is 2.83 bits per heavy atom. The molecule has 0 saturated heterocycles. The number of aromatic nitrogens is 1. The predicted octanol–water partition coefficient (Wildman–Crippen LogP) is 3.50. The summed E-state index contributed by atoms with van der Waals surface area (Å²) in [6.45, 7) is 6.53. The molecule has 1 aromatic carbocycles. The van der Waals surface area contributed by atoms with E-state index in [4.69, 9.17) is 0 Å². The molecule has 2 rings (SSSR count). The first-order valence-corrected chi connectivity index (χ1v) is 7.60. The Bertz CT molecular complexity index is 502. The summed E-state index contributed by atoms with van der Waals surface area (Å²) in [5.74, 6) is 1.18. The number of nitrogens with zero attached hydrogens (tertiary/aromatic N) is 1. The molecule has 0 aliphatic rings. The number of hydrogen-bond acceptors (Lipinski definition) is 2. The van der Waals surface area contributed by atoms with E-state index < -0.39 is 0 Å². The summed E-state index contributed by atoms with van der Waals surface area (Å²) in [5, 5.41) is 5.32. The fourth-order valence-electron chi connectivity index (χ4n) is 2.21. The molecule has 0 radical (unpaired) electrons. The fourth-order valence-corrected chi connectivity index (χ4v) is 2.99. The smallest absolute Gasteiger partial charge is 0.0483 e. The van der Waals surface area contributed by atoms with Gasteiger partial charge >= 0.3 is 0 Å². The van der Waals surface area contributed by atoms with Crippen LogP contribution in [0.25, 0.3) is 10.9 Å². The predicted molar refractivity (Wildman–Crippen MR) is 82.3 cm³/mol. The maximum absolute atomic E-state index is 3.23. The number of thioether (sulfide) groups is 1. The van der Waals surface area contributed by atoms with Crippen LogP contribution in [0, 0.1) is 0 Å². The molecule has 2 nitrogen and oxygen atoms in total. The molecular formula is C15H22N2S. The standard InChI is InChI=1S/C15H22N2S/c1-12(2)18-10-9-17-8-7-14-13(11-16-3)5-4-6-15(14)17/h4-8,12,16H,9-11H2,1-3H3. The topological polar surface area (TPSA) is 17.0 Å². The van der Waals surface area contributed by atoms with Gasteiger partial charge in [-0.15, -0.1) is 0 Å². The van der Waals surface area contributed by atoms with Crippen LogP contribution in [0.1, 0.15) is 19.4 Å². The van der Waals surface area contributed by atoms with Gasteiger partial charge in [-0.25, -0.2) is 0 Å². The van der Waals surface area contributed by atoms with Crippen molar-refractivity contribution in [1.82, 2.24) is 9.88 Å². The highest BCUT2D eigenvalue weighted by Gasteiger charge is 2.05. The van der Waals surface area contributed by atoms with Crippen molar-refractivity contribution in [3.8, 4) is 0 Å². The number of nitrogens with one attached hydrogen (secondary N) is 1. The van der Waals surface area contributed by atoms with Gasteiger partial charge in [-0.2, -0.15) is 11.8 Å². The van der Waals surface area contributed by atoms with Crippen LogP contribution in [0.2, 0.25) is 0 Å². The van der Waals surface area contributed by atoms with Crippen LogP contribution >= 0.6 is 11.8 Å². The molecule has 0 unspecified atom stereocenters. The minimum absolute atomic E-state index is 0.715. The van der Waals surface area contributed by atoms with Crippen molar-refractivity contribution in [2.24, 2.45) is 0 Å². The largest absolute Gasteiger partial charge is 0.347 e. The van der Waals surface area contributed by atoms with E-state index >= 15 is 0 Å². The van der Waals surface area contributed by atoms with E-state index in [2.05, 4.69) is 54.2 Å². The van der Waals surface area contributed by atoms with Gasteiger partial charge in [0.15, 0.2) is 0 Å². The molecule has 2 aromatic rings. The van der Waals surface area contributed by atoms with Gasteiger partial charge in [-0.3, -0.25) is 0 Å². The van der Waals surface area contributed by atoms with E-state index in [1.807, 2.05) is 18.8 Å². The normalized spacial score (nSPS) is 11.6. The van der Waals surface area contributed by atoms with Crippen molar-refractivity contribution < 1.29 is 0 Å². The molecule has 1 heterocycles. The molecule has 98 valence electrons. The summed E-state index contributed by atoms with van der Waals surface area (Å²) in [4.78, 5) is 0. The zero-order chi connectivity index (χ0) is 13.0. The Morgan fingerprint density at radius 2 is 2.11 bits per heavy atom. The third-order valence-corrected chi connectivity index (χ3v) is 4.14. The lowest BCUT2D eigenvalue weighted by molar-refractivity contribution is 0.803. The summed E-state index contributed by atoms with van der Waals surface area (Å²) in [5.41, 5.74) is 2.73. The molecule has 0 aliphatic carbocycles. The highest BCUT2D eigenvalue weighted by Crippen LogP contribution is 2.21. The summed E-state index contributed by atoms with van der Waals surface area (Å²) in [6.07, 6.45) is 2.21. The second-order valence-corrected chi connectivity index (χ2v) is 6.49. The highest BCUT2D eigenvalue weighted by atomic mass is 32.2. The van der Waals surface area contributed by atoms with Gasteiger partial charge in [0.2, 0.25) is 0 Å². The molecule has 0 spiro atoms. The lowest BCUT2D eigenvalue weighted by Gasteiger charge is -2.08. The summed E-state index contributed by atoms with van der Waals surface area (Å²) >= 11 is 2.02. The van der Waals surface area contributed by atoms with Crippen molar-refractivity contribution in [2.75, 3.05) is 12.8 Å². The van der Waals surface area contributed by atoms with Gasteiger partial charge in [0.05, 0.1) is 0 Å². The van der Waals surface area contributed by atoms with Crippen LogP contribution in [0.3, 0.4) is 0 Å². The number of rotatable bonds is 6. The maximum Gasteiger partial charge on any atom is 0.0483 e. The van der Waals surface area contributed by atoms with Crippen LogP contribution < -0.4 is 5.32 Å². The quantitative estimate of drug-likeness (QED) is 0.858. The van der Waals surface area contributed by atoms with Crippen molar-refractivity contribution >= 4 is 22.7 Å². The van der Waals surface area contributed by atoms with Crippen molar-refractivity contribution in [2.45, 2.75) is 32.2 Å². The first kappa shape index (κ1) is 13.5. The van der Waals surface area contributed by atoms with Gasteiger partial charge in [-0.1, -0.05) is 26.0 Å². The van der Waals surface area contributed by atoms with Gasteiger partial charge in [0, 0.05) is 35.9 Å². The third-order valence-electron chi connectivity index (χ3n) is 3.05. The number of aryl methyl sites for hydroxylation is 1. The molecule has 1 aromatic heterocycles. The Morgan fingerprint density at radius 1 is 1.28 bits per heavy atom. The molecular weight excluding hydrogens is 240 g/mol. The second kappa shape index (κ2) is 6.30. The lowest BCUT2D eigenvalue weighted by atomic mass is 10.1. The zero-order valence-electron chi connectivity index (χ0n) is 11.4. The van der Waals surface area contributed by atoms with Gasteiger partial charge < -0.3 is 9.88 Å². The Hall–Kier alpha value is -0.930. The molecule has 0 bridgehead atoms. The third kappa shape index (κ3) is 3.09. The van der Waals surface area contributed by atoms with E-state index in [1.165, 1.54) is 22.2 Å². The molecule has 18 heavy (non-hydrogen) atoms. The van der Waals surface area contributed by atoms with Crippen LogP contribution in [-0.2, 0) is 13.1 Å². The van der Waals surface area contributed by atoms with Gasteiger partial charge in [0.25, 0.3) is 0 Å². The van der Waals surface area contributed by atoms with Crippen LogP contribution in [0.15, 0.2) is 30.5 Å².